The molecule has 0 N–H and O–H groups in total. The van der Waals surface area contributed by atoms with Crippen LogP contribution in [0, 0.1) is 0 Å². The third-order valence-corrected chi connectivity index (χ3v) is 4.31. The predicted octanol–water partition coefficient (Wildman–Crippen LogP) is 4.88. The van der Waals surface area contributed by atoms with Gasteiger partial charge in [-0.3, -0.25) is 0 Å². The van der Waals surface area contributed by atoms with Crippen LogP contribution in [-0.2, 0) is 6.61 Å². The molecular formula is C19H19BrN2O4. The van der Waals surface area contributed by atoms with Crippen molar-refractivity contribution in [3.05, 3.63) is 52.8 Å². The summed E-state index contributed by atoms with van der Waals surface area (Å²) in [5.41, 5.74) is 1.81. The van der Waals surface area contributed by atoms with Crippen LogP contribution < -0.4 is 14.2 Å². The lowest BCUT2D eigenvalue weighted by Crippen LogP contribution is -2.02. The maximum atomic E-state index is 5.89. The molecule has 0 aliphatic carbocycles. The van der Waals surface area contributed by atoms with E-state index in [0.717, 1.165) is 21.3 Å². The van der Waals surface area contributed by atoms with Gasteiger partial charge in [-0.2, -0.15) is 0 Å². The zero-order chi connectivity index (χ0) is 18.4. The third-order valence-electron chi connectivity index (χ3n) is 3.57. The smallest absolute Gasteiger partial charge is 0.247 e. The van der Waals surface area contributed by atoms with Crippen molar-refractivity contribution in [2.24, 2.45) is 0 Å². The molecule has 0 atom stereocenters. The number of rotatable bonds is 8. The van der Waals surface area contributed by atoms with Gasteiger partial charge < -0.3 is 18.6 Å². The molecule has 0 fully saturated rings. The van der Waals surface area contributed by atoms with E-state index in [1.54, 1.807) is 0 Å². The molecular weight excluding hydrogens is 400 g/mol. The van der Waals surface area contributed by atoms with E-state index in [9.17, 15) is 0 Å². The molecule has 0 aliphatic heterocycles. The topological polar surface area (TPSA) is 66.6 Å². The van der Waals surface area contributed by atoms with Crippen molar-refractivity contribution in [3.8, 4) is 28.7 Å². The van der Waals surface area contributed by atoms with Crippen molar-refractivity contribution in [2.75, 3.05) is 13.2 Å². The van der Waals surface area contributed by atoms with E-state index in [4.69, 9.17) is 18.6 Å². The Bertz CT molecular complexity index is 836. The molecule has 0 radical (unpaired) electrons. The molecule has 6 nitrogen and oxygen atoms in total. The van der Waals surface area contributed by atoms with Crippen LogP contribution >= 0.6 is 15.9 Å². The first-order chi connectivity index (χ1) is 12.7. The highest BCUT2D eigenvalue weighted by atomic mass is 79.9. The van der Waals surface area contributed by atoms with Crippen LogP contribution in [-0.4, -0.2) is 23.4 Å². The molecule has 2 aromatic carbocycles. The molecule has 0 saturated carbocycles. The molecule has 3 aromatic rings. The van der Waals surface area contributed by atoms with Gasteiger partial charge in [0.25, 0.3) is 0 Å². The molecule has 1 aromatic heterocycles. The highest BCUT2D eigenvalue weighted by Crippen LogP contribution is 2.34. The van der Waals surface area contributed by atoms with Crippen LogP contribution in [0.3, 0.4) is 0 Å². The van der Waals surface area contributed by atoms with Gasteiger partial charge in [0.1, 0.15) is 12.4 Å². The first-order valence-electron chi connectivity index (χ1n) is 8.28. The standard InChI is InChI=1S/C19H19BrN2O4/c1-3-23-17-9-14(16(20)10-18(17)24-4-2)11-25-15-7-5-13(6-8-15)19-22-21-12-26-19/h5-10,12H,3-4,11H2,1-2H3. The van der Waals surface area contributed by atoms with Gasteiger partial charge >= 0.3 is 0 Å². The lowest BCUT2D eigenvalue weighted by molar-refractivity contribution is 0.282. The maximum Gasteiger partial charge on any atom is 0.247 e. The number of hydrogen-bond donors (Lipinski definition) is 0. The van der Waals surface area contributed by atoms with Crippen molar-refractivity contribution >= 4 is 15.9 Å². The van der Waals surface area contributed by atoms with Crippen molar-refractivity contribution in [3.63, 3.8) is 0 Å². The van der Waals surface area contributed by atoms with Gasteiger partial charge in [-0.15, -0.1) is 10.2 Å². The minimum atomic E-state index is 0.396. The summed E-state index contributed by atoms with van der Waals surface area (Å²) in [6.45, 7) is 5.43. The highest BCUT2D eigenvalue weighted by molar-refractivity contribution is 9.10. The minimum absolute atomic E-state index is 0.396. The van der Waals surface area contributed by atoms with Crippen LogP contribution in [0.4, 0.5) is 0 Å². The first kappa shape index (κ1) is 18.3. The fourth-order valence-electron chi connectivity index (χ4n) is 2.38. The number of benzene rings is 2. The number of ether oxygens (including phenoxy) is 3. The highest BCUT2D eigenvalue weighted by Gasteiger charge is 2.11. The van der Waals surface area contributed by atoms with Crippen LogP contribution in [0.2, 0.25) is 0 Å². The van der Waals surface area contributed by atoms with Crippen LogP contribution in [0.1, 0.15) is 19.4 Å². The zero-order valence-corrected chi connectivity index (χ0v) is 16.2. The summed E-state index contributed by atoms with van der Waals surface area (Å²) in [5, 5.41) is 7.56. The summed E-state index contributed by atoms with van der Waals surface area (Å²) >= 11 is 3.57. The largest absolute Gasteiger partial charge is 0.490 e. The van der Waals surface area contributed by atoms with E-state index in [-0.39, 0.29) is 0 Å². The van der Waals surface area contributed by atoms with Gasteiger partial charge in [0.05, 0.1) is 13.2 Å². The number of aromatic nitrogens is 2. The summed E-state index contributed by atoms with van der Waals surface area (Å²) in [6, 6.07) is 11.3. The zero-order valence-electron chi connectivity index (χ0n) is 14.6. The second-order valence-corrected chi connectivity index (χ2v) is 6.17. The van der Waals surface area contributed by atoms with E-state index in [0.29, 0.717) is 37.2 Å². The summed E-state index contributed by atoms with van der Waals surface area (Å²) in [6.07, 6.45) is 1.30. The molecule has 0 amide bonds. The van der Waals surface area contributed by atoms with Crippen LogP contribution in [0.5, 0.6) is 17.2 Å². The van der Waals surface area contributed by atoms with Crippen molar-refractivity contribution in [1.82, 2.24) is 10.2 Å². The Morgan fingerprint density at radius 1 is 0.962 bits per heavy atom. The SMILES string of the molecule is CCOc1cc(Br)c(COc2ccc(-c3nnco3)cc2)cc1OCC. The molecule has 26 heavy (non-hydrogen) atoms. The molecule has 136 valence electrons. The normalized spacial score (nSPS) is 10.6. The van der Waals surface area contributed by atoms with E-state index in [1.807, 2.05) is 50.2 Å². The van der Waals surface area contributed by atoms with Gasteiger partial charge in [-0.25, -0.2) is 0 Å². The fraction of sp³-hybridized carbons (Fsp3) is 0.263. The summed E-state index contributed by atoms with van der Waals surface area (Å²) in [7, 11) is 0. The first-order valence-corrected chi connectivity index (χ1v) is 9.08. The van der Waals surface area contributed by atoms with E-state index in [2.05, 4.69) is 26.1 Å². The maximum absolute atomic E-state index is 5.89. The Morgan fingerprint density at radius 3 is 2.27 bits per heavy atom. The lowest BCUT2D eigenvalue weighted by atomic mass is 10.2. The molecule has 0 unspecified atom stereocenters. The van der Waals surface area contributed by atoms with E-state index < -0.39 is 0 Å². The van der Waals surface area contributed by atoms with Crippen molar-refractivity contribution < 1.29 is 18.6 Å². The Labute approximate surface area is 160 Å². The molecule has 7 heteroatoms. The summed E-state index contributed by atoms with van der Waals surface area (Å²) in [5.74, 6) is 2.65. The Balaban J connectivity index is 1.71. The minimum Gasteiger partial charge on any atom is -0.490 e. The Hall–Kier alpha value is -2.54. The number of nitrogens with zero attached hydrogens (tertiary/aromatic N) is 2. The number of halogens is 1. The third kappa shape index (κ3) is 4.35. The van der Waals surface area contributed by atoms with E-state index in [1.165, 1.54) is 6.39 Å². The quantitative estimate of drug-likeness (QED) is 0.519. The van der Waals surface area contributed by atoms with Gasteiger partial charge in [0.2, 0.25) is 12.3 Å². The molecule has 0 aliphatic rings. The second kappa shape index (κ2) is 8.71. The summed E-state index contributed by atoms with van der Waals surface area (Å²) in [4.78, 5) is 0. The van der Waals surface area contributed by atoms with E-state index >= 15 is 0 Å². The van der Waals surface area contributed by atoms with Gasteiger partial charge in [-0.05, 0) is 50.2 Å². The van der Waals surface area contributed by atoms with Crippen molar-refractivity contribution in [1.29, 1.82) is 0 Å². The molecule has 0 saturated heterocycles. The molecule has 3 rings (SSSR count). The monoisotopic (exact) mass is 418 g/mol. The van der Waals surface area contributed by atoms with Gasteiger partial charge in [0, 0.05) is 15.6 Å². The van der Waals surface area contributed by atoms with Gasteiger partial charge in [-0.1, -0.05) is 15.9 Å². The lowest BCUT2D eigenvalue weighted by Gasteiger charge is -2.15. The fourth-order valence-corrected chi connectivity index (χ4v) is 2.81. The summed E-state index contributed by atoms with van der Waals surface area (Å²) < 4.78 is 23.3. The van der Waals surface area contributed by atoms with Crippen LogP contribution in [0.25, 0.3) is 11.5 Å². The predicted molar refractivity (Wildman–Crippen MR) is 101 cm³/mol. The molecule has 1 heterocycles. The average molecular weight is 419 g/mol. The Kier molecular flexibility index (Phi) is 6.12. The second-order valence-electron chi connectivity index (χ2n) is 5.31. The van der Waals surface area contributed by atoms with Gasteiger partial charge in [0.15, 0.2) is 11.5 Å². The van der Waals surface area contributed by atoms with Crippen molar-refractivity contribution in [2.45, 2.75) is 20.5 Å². The van der Waals surface area contributed by atoms with Crippen LogP contribution in [0.15, 0.2) is 51.7 Å². The molecule has 0 bridgehead atoms. The number of hydrogen-bond acceptors (Lipinski definition) is 6. The Morgan fingerprint density at radius 2 is 1.65 bits per heavy atom. The average Bonchev–Trinajstić information content (AvgIpc) is 3.18. The molecule has 0 spiro atoms.